The molecule has 0 radical (unpaired) electrons. The quantitative estimate of drug-likeness (QED) is 0.687. The van der Waals surface area contributed by atoms with Gasteiger partial charge in [0.25, 0.3) is 0 Å². The molecule has 1 atom stereocenters. The molecule has 2 aliphatic rings. The number of fused-ring (bicyclic) bond motifs is 1. The number of nitrogens with one attached hydrogen (secondary N) is 1. The number of hydrogen-bond donors (Lipinski definition) is 2. The molecule has 166 valence electrons. The van der Waals surface area contributed by atoms with E-state index in [1.807, 2.05) is 42.5 Å². The van der Waals surface area contributed by atoms with Crippen LogP contribution in [0.5, 0.6) is 11.5 Å². The van der Waals surface area contributed by atoms with Gasteiger partial charge in [0.1, 0.15) is 29.8 Å². The Bertz CT molecular complexity index is 928. The zero-order valence-corrected chi connectivity index (χ0v) is 18.5. The molecule has 6 nitrogen and oxygen atoms in total. The molecular formula is C24H29ClN2O4. The molecule has 0 aromatic heterocycles. The number of likely N-dealkylation sites (N-methyl/N-ethyl adjacent to an activating group) is 1. The molecular weight excluding hydrogens is 416 g/mol. The molecule has 0 saturated carbocycles. The highest BCUT2D eigenvalue weighted by molar-refractivity contribution is 6.30. The highest BCUT2D eigenvalue weighted by Crippen LogP contribution is 2.41. The number of β-amino-alcohol motifs (C(OH)–C–C–N with tert-alkyl or cyclic N) is 1. The fourth-order valence-corrected chi connectivity index (χ4v) is 4.61. The summed E-state index contributed by atoms with van der Waals surface area (Å²) in [6, 6.07) is 13.3. The molecule has 2 N–H and O–H groups in total. The minimum atomic E-state index is -0.609. The maximum atomic E-state index is 11.7. The standard InChI is InChI=1S/C24H29ClN2O4/c1-26-23(29)13-17-4-2-3-5-21(17)30-16-20(28)15-27-10-8-24(9-11-27)14-18-12-19(25)6-7-22(18)31-24/h2-7,12,20,28H,8-11,13-16H2,1H3,(H,26,29)/t20-/m0/s1. The molecule has 1 amide bonds. The second-order valence-electron chi connectivity index (χ2n) is 8.44. The predicted molar refractivity (Wildman–Crippen MR) is 120 cm³/mol. The Morgan fingerprint density at radius 1 is 1.29 bits per heavy atom. The van der Waals surface area contributed by atoms with Crippen LogP contribution in [-0.4, -0.2) is 60.9 Å². The van der Waals surface area contributed by atoms with Crippen molar-refractivity contribution in [1.29, 1.82) is 0 Å². The lowest BCUT2D eigenvalue weighted by Gasteiger charge is -2.39. The summed E-state index contributed by atoms with van der Waals surface area (Å²) in [5, 5.41) is 13.9. The van der Waals surface area contributed by atoms with Crippen LogP contribution in [0, 0.1) is 0 Å². The van der Waals surface area contributed by atoms with E-state index in [1.165, 1.54) is 5.56 Å². The van der Waals surface area contributed by atoms with E-state index < -0.39 is 6.10 Å². The van der Waals surface area contributed by atoms with Gasteiger partial charge in [-0.1, -0.05) is 29.8 Å². The number of halogens is 1. The van der Waals surface area contributed by atoms with Gasteiger partial charge >= 0.3 is 0 Å². The van der Waals surface area contributed by atoms with Gasteiger partial charge in [-0.3, -0.25) is 4.79 Å². The van der Waals surface area contributed by atoms with Gasteiger partial charge in [-0.15, -0.1) is 0 Å². The Labute approximate surface area is 188 Å². The third-order valence-corrected chi connectivity index (χ3v) is 6.37. The van der Waals surface area contributed by atoms with E-state index in [0.29, 0.717) is 12.3 Å². The third kappa shape index (κ3) is 5.32. The summed E-state index contributed by atoms with van der Waals surface area (Å²) in [6.07, 6.45) is 2.38. The van der Waals surface area contributed by atoms with E-state index in [4.69, 9.17) is 21.1 Å². The van der Waals surface area contributed by atoms with Crippen molar-refractivity contribution in [2.45, 2.75) is 37.4 Å². The molecule has 0 aliphatic carbocycles. The maximum absolute atomic E-state index is 11.7. The average molecular weight is 445 g/mol. The fraction of sp³-hybridized carbons (Fsp3) is 0.458. The topological polar surface area (TPSA) is 71.0 Å². The van der Waals surface area contributed by atoms with Crippen molar-refractivity contribution in [3.63, 3.8) is 0 Å². The van der Waals surface area contributed by atoms with Gasteiger partial charge in [0.2, 0.25) is 5.91 Å². The number of carbonyl (C=O) groups is 1. The zero-order chi connectivity index (χ0) is 21.8. The van der Waals surface area contributed by atoms with Crippen molar-refractivity contribution in [1.82, 2.24) is 10.2 Å². The molecule has 1 fully saturated rings. The molecule has 2 aromatic carbocycles. The Hall–Kier alpha value is -2.28. The molecule has 1 saturated heterocycles. The number of carbonyl (C=O) groups excluding carboxylic acids is 1. The van der Waals surface area contributed by atoms with Crippen LogP contribution in [0.25, 0.3) is 0 Å². The first kappa shape index (κ1) is 21.9. The molecule has 0 unspecified atom stereocenters. The summed E-state index contributed by atoms with van der Waals surface area (Å²) >= 11 is 6.12. The van der Waals surface area contributed by atoms with E-state index in [1.54, 1.807) is 7.05 Å². The third-order valence-electron chi connectivity index (χ3n) is 6.13. The lowest BCUT2D eigenvalue weighted by molar-refractivity contribution is -0.119. The summed E-state index contributed by atoms with van der Waals surface area (Å²) in [6.45, 7) is 2.47. The lowest BCUT2D eigenvalue weighted by atomic mass is 9.87. The second-order valence-corrected chi connectivity index (χ2v) is 8.87. The predicted octanol–water partition coefficient (Wildman–Crippen LogP) is 2.84. The number of hydrogen-bond acceptors (Lipinski definition) is 5. The van der Waals surface area contributed by atoms with Crippen LogP contribution < -0.4 is 14.8 Å². The number of rotatable bonds is 7. The first-order valence-electron chi connectivity index (χ1n) is 10.8. The SMILES string of the molecule is CNC(=O)Cc1ccccc1OC[C@@H](O)CN1CCC2(CC1)Cc1cc(Cl)ccc1O2. The molecule has 31 heavy (non-hydrogen) atoms. The minimum Gasteiger partial charge on any atom is -0.491 e. The molecule has 2 heterocycles. The first-order valence-corrected chi connectivity index (χ1v) is 11.1. The fourth-order valence-electron chi connectivity index (χ4n) is 4.41. The molecule has 4 rings (SSSR count). The Kier molecular flexibility index (Phi) is 6.70. The van der Waals surface area contributed by atoms with E-state index in [-0.39, 0.29) is 24.5 Å². The van der Waals surface area contributed by atoms with E-state index >= 15 is 0 Å². The van der Waals surface area contributed by atoms with E-state index in [2.05, 4.69) is 10.2 Å². The number of ether oxygens (including phenoxy) is 2. The van der Waals surface area contributed by atoms with Gasteiger partial charge in [0, 0.05) is 56.5 Å². The van der Waals surface area contributed by atoms with Gasteiger partial charge in [-0.05, 0) is 29.8 Å². The smallest absolute Gasteiger partial charge is 0.224 e. The van der Waals surface area contributed by atoms with Crippen molar-refractivity contribution in [2.75, 3.05) is 33.3 Å². The molecule has 1 spiro atoms. The number of aliphatic hydroxyl groups is 1. The van der Waals surface area contributed by atoms with Crippen LogP contribution in [0.1, 0.15) is 24.0 Å². The summed E-state index contributed by atoms with van der Waals surface area (Å²) < 4.78 is 12.1. The average Bonchev–Trinajstić information content (AvgIpc) is 3.11. The molecule has 2 aliphatic heterocycles. The van der Waals surface area contributed by atoms with Gasteiger partial charge in [0.05, 0.1) is 6.42 Å². The van der Waals surface area contributed by atoms with Crippen LogP contribution in [0.3, 0.4) is 0 Å². The van der Waals surface area contributed by atoms with Crippen molar-refractivity contribution in [2.24, 2.45) is 0 Å². The summed E-state index contributed by atoms with van der Waals surface area (Å²) in [5.41, 5.74) is 1.85. The number of aliphatic hydroxyl groups excluding tert-OH is 1. The second kappa shape index (κ2) is 9.47. The summed E-state index contributed by atoms with van der Waals surface area (Å²) in [4.78, 5) is 13.9. The van der Waals surface area contributed by atoms with Crippen LogP contribution in [0.15, 0.2) is 42.5 Å². The number of para-hydroxylation sites is 1. The highest BCUT2D eigenvalue weighted by Gasteiger charge is 2.42. The zero-order valence-electron chi connectivity index (χ0n) is 17.8. The lowest BCUT2D eigenvalue weighted by Crippen LogP contribution is -2.49. The highest BCUT2D eigenvalue weighted by atomic mass is 35.5. The van der Waals surface area contributed by atoms with Crippen molar-refractivity contribution in [3.8, 4) is 11.5 Å². The maximum Gasteiger partial charge on any atom is 0.224 e. The molecule has 7 heteroatoms. The number of benzene rings is 2. The molecule has 0 bridgehead atoms. The number of piperidine rings is 1. The molecule has 2 aromatic rings. The Balaban J connectivity index is 1.25. The Morgan fingerprint density at radius 3 is 2.84 bits per heavy atom. The van der Waals surface area contributed by atoms with Gasteiger partial charge < -0.3 is 24.8 Å². The van der Waals surface area contributed by atoms with Crippen LogP contribution >= 0.6 is 11.6 Å². The largest absolute Gasteiger partial charge is 0.491 e. The van der Waals surface area contributed by atoms with Gasteiger partial charge in [-0.2, -0.15) is 0 Å². The van der Waals surface area contributed by atoms with Gasteiger partial charge in [-0.25, -0.2) is 0 Å². The van der Waals surface area contributed by atoms with E-state index in [9.17, 15) is 9.90 Å². The minimum absolute atomic E-state index is 0.0719. The van der Waals surface area contributed by atoms with Crippen molar-refractivity contribution < 1.29 is 19.4 Å². The summed E-state index contributed by atoms with van der Waals surface area (Å²) in [7, 11) is 1.61. The summed E-state index contributed by atoms with van der Waals surface area (Å²) in [5.74, 6) is 1.51. The van der Waals surface area contributed by atoms with Crippen LogP contribution in [0.4, 0.5) is 0 Å². The van der Waals surface area contributed by atoms with Crippen LogP contribution in [0.2, 0.25) is 5.02 Å². The van der Waals surface area contributed by atoms with E-state index in [0.717, 1.165) is 48.7 Å². The Morgan fingerprint density at radius 2 is 2.06 bits per heavy atom. The first-order chi connectivity index (χ1) is 15.0. The number of amides is 1. The van der Waals surface area contributed by atoms with Crippen molar-refractivity contribution >= 4 is 17.5 Å². The van der Waals surface area contributed by atoms with Gasteiger partial charge in [0.15, 0.2) is 0 Å². The van der Waals surface area contributed by atoms with Crippen LogP contribution in [-0.2, 0) is 17.6 Å². The van der Waals surface area contributed by atoms with Crippen molar-refractivity contribution in [3.05, 3.63) is 58.6 Å². The number of likely N-dealkylation sites (tertiary alicyclic amines) is 1. The normalized spacial score (nSPS) is 18.3. The number of nitrogens with zero attached hydrogens (tertiary/aromatic N) is 1. The monoisotopic (exact) mass is 444 g/mol.